The molecule has 0 spiro atoms. The van der Waals surface area contributed by atoms with E-state index in [4.69, 9.17) is 17.3 Å². The van der Waals surface area contributed by atoms with E-state index in [1.807, 2.05) is 18.2 Å². The lowest BCUT2D eigenvalue weighted by Gasteiger charge is -2.34. The molecule has 0 aliphatic carbocycles. The molecule has 4 N–H and O–H groups in total. The van der Waals surface area contributed by atoms with E-state index < -0.39 is 6.10 Å². The first-order valence-corrected chi connectivity index (χ1v) is 9.90. The Morgan fingerprint density at radius 2 is 2.04 bits per heavy atom. The Hall–Kier alpha value is -1.45. The lowest BCUT2D eigenvalue weighted by molar-refractivity contribution is -0.115. The van der Waals surface area contributed by atoms with Gasteiger partial charge in [0, 0.05) is 31.4 Å². The summed E-state index contributed by atoms with van der Waals surface area (Å²) in [6, 6.07) is 8.55. The van der Waals surface area contributed by atoms with Gasteiger partial charge < -0.3 is 25.7 Å². The molecular weight excluding hydrogens is 370 g/mol. The number of hydrogen-bond acceptors (Lipinski definition) is 7. The minimum absolute atomic E-state index is 0.134. The molecule has 3 rings (SSSR count). The van der Waals surface area contributed by atoms with Gasteiger partial charge in [0.05, 0.1) is 17.6 Å². The number of carbonyl (C=O) groups is 1. The number of hydrogen-bond donors (Lipinski definition) is 4. The van der Waals surface area contributed by atoms with Gasteiger partial charge in [0.1, 0.15) is 4.32 Å². The van der Waals surface area contributed by atoms with Gasteiger partial charge >= 0.3 is 0 Å². The van der Waals surface area contributed by atoms with Gasteiger partial charge in [-0.3, -0.25) is 4.79 Å². The summed E-state index contributed by atoms with van der Waals surface area (Å²) in [5, 5.41) is 24.2. The maximum absolute atomic E-state index is 11.7. The molecule has 2 heterocycles. The van der Waals surface area contributed by atoms with Crippen LogP contribution in [0.25, 0.3) is 6.08 Å². The van der Waals surface area contributed by atoms with Crippen LogP contribution in [0, 0.1) is 0 Å². The molecule has 0 saturated carbocycles. The second-order valence-electron chi connectivity index (χ2n) is 6.45. The second-order valence-corrected chi connectivity index (χ2v) is 8.17. The van der Waals surface area contributed by atoms with Crippen molar-refractivity contribution < 1.29 is 15.0 Å². The van der Waals surface area contributed by atoms with E-state index in [0.29, 0.717) is 21.8 Å². The first kappa shape index (κ1) is 19.3. The smallest absolute Gasteiger partial charge is 0.263 e. The third-order valence-electron chi connectivity index (χ3n) is 4.55. The first-order valence-electron chi connectivity index (χ1n) is 8.67. The van der Waals surface area contributed by atoms with Crippen LogP contribution in [0.2, 0.25) is 0 Å². The topological polar surface area (TPSA) is 84.8 Å². The fourth-order valence-electron chi connectivity index (χ4n) is 3.06. The van der Waals surface area contributed by atoms with Gasteiger partial charge in [-0.25, -0.2) is 0 Å². The van der Waals surface area contributed by atoms with Crippen molar-refractivity contribution in [3.8, 4) is 0 Å². The van der Waals surface area contributed by atoms with Crippen molar-refractivity contribution in [2.45, 2.75) is 25.0 Å². The van der Waals surface area contributed by atoms with E-state index in [0.717, 1.165) is 31.5 Å². The average molecular weight is 394 g/mol. The van der Waals surface area contributed by atoms with Crippen LogP contribution >= 0.6 is 24.0 Å². The molecule has 1 aromatic carbocycles. The fraction of sp³-hybridized carbons (Fsp3) is 0.444. The number of nitrogens with zero attached hydrogens (tertiary/aromatic N) is 1. The number of aliphatic hydroxyl groups is 2. The van der Waals surface area contributed by atoms with Gasteiger partial charge in [-0.05, 0) is 36.6 Å². The summed E-state index contributed by atoms with van der Waals surface area (Å²) in [5.41, 5.74) is 2.14. The Labute approximate surface area is 162 Å². The summed E-state index contributed by atoms with van der Waals surface area (Å²) in [6.07, 6.45) is 3.16. The lowest BCUT2D eigenvalue weighted by Crippen LogP contribution is -2.45. The van der Waals surface area contributed by atoms with Gasteiger partial charge in [0.15, 0.2) is 0 Å². The molecule has 8 heteroatoms. The molecule has 2 aliphatic rings. The minimum atomic E-state index is -0.691. The normalized spacial score (nSPS) is 21.3. The number of aliphatic hydroxyl groups excluding tert-OH is 2. The second kappa shape index (κ2) is 8.96. The predicted octanol–water partition coefficient (Wildman–Crippen LogP) is 1.09. The highest BCUT2D eigenvalue weighted by Gasteiger charge is 2.22. The molecule has 0 radical (unpaired) electrons. The van der Waals surface area contributed by atoms with Crippen molar-refractivity contribution in [3.63, 3.8) is 0 Å². The number of amides is 1. The van der Waals surface area contributed by atoms with Crippen LogP contribution < -0.4 is 15.5 Å². The number of nitrogens with one attached hydrogen (secondary N) is 2. The molecule has 26 heavy (non-hydrogen) atoms. The van der Waals surface area contributed by atoms with E-state index in [-0.39, 0.29) is 12.5 Å². The van der Waals surface area contributed by atoms with E-state index in [1.165, 1.54) is 17.4 Å². The standard InChI is InChI=1S/C18H23N3O3S2/c22-11-15(23)10-19-13-5-7-21(8-6-13)14-3-1-12(2-4-14)9-16-17(24)20-18(25)26-16/h1-4,9,13,15,19,22-23H,5-8,10-11H2,(H,20,24,25)/b16-9-/t15-/m0/s1. The highest BCUT2D eigenvalue weighted by Crippen LogP contribution is 2.27. The Bertz CT molecular complexity index is 685. The molecular formula is C18H23N3O3S2. The van der Waals surface area contributed by atoms with Crippen LogP contribution in [0.15, 0.2) is 29.2 Å². The summed E-state index contributed by atoms with van der Waals surface area (Å²) in [6.45, 7) is 2.11. The van der Waals surface area contributed by atoms with Crippen LogP contribution in [0.5, 0.6) is 0 Å². The fourth-order valence-corrected chi connectivity index (χ4v) is 4.11. The van der Waals surface area contributed by atoms with Crippen molar-refractivity contribution in [3.05, 3.63) is 34.7 Å². The summed E-state index contributed by atoms with van der Waals surface area (Å²) in [4.78, 5) is 14.7. The number of thiocarbonyl (C=S) groups is 1. The third kappa shape index (κ3) is 5.05. The third-order valence-corrected chi connectivity index (χ3v) is 5.71. The van der Waals surface area contributed by atoms with Crippen LogP contribution in [0.1, 0.15) is 18.4 Å². The molecule has 2 aliphatic heterocycles. The van der Waals surface area contributed by atoms with Gasteiger partial charge in [0.25, 0.3) is 5.91 Å². The zero-order valence-corrected chi connectivity index (χ0v) is 16.0. The van der Waals surface area contributed by atoms with Crippen LogP contribution in [0.4, 0.5) is 5.69 Å². The van der Waals surface area contributed by atoms with E-state index >= 15 is 0 Å². The minimum Gasteiger partial charge on any atom is -0.394 e. The van der Waals surface area contributed by atoms with Crippen molar-refractivity contribution in [1.29, 1.82) is 0 Å². The zero-order chi connectivity index (χ0) is 18.5. The first-order chi connectivity index (χ1) is 12.5. The summed E-state index contributed by atoms with van der Waals surface area (Å²) in [7, 11) is 0. The summed E-state index contributed by atoms with van der Waals surface area (Å²) >= 11 is 6.29. The van der Waals surface area contributed by atoms with Gasteiger partial charge in [-0.15, -0.1) is 0 Å². The predicted molar refractivity (Wildman–Crippen MR) is 109 cm³/mol. The molecule has 6 nitrogen and oxygen atoms in total. The highest BCUT2D eigenvalue weighted by atomic mass is 32.2. The number of piperidine rings is 1. The largest absolute Gasteiger partial charge is 0.394 e. The summed E-state index contributed by atoms with van der Waals surface area (Å²) in [5.74, 6) is -0.134. The molecule has 0 bridgehead atoms. The van der Waals surface area contributed by atoms with Crippen molar-refractivity contribution in [1.82, 2.24) is 10.6 Å². The molecule has 1 atom stereocenters. The molecule has 1 aromatic rings. The Morgan fingerprint density at radius 3 is 2.62 bits per heavy atom. The van der Waals surface area contributed by atoms with Crippen LogP contribution in [0.3, 0.4) is 0 Å². The monoisotopic (exact) mass is 393 g/mol. The van der Waals surface area contributed by atoms with Gasteiger partial charge in [-0.2, -0.15) is 0 Å². The van der Waals surface area contributed by atoms with Crippen LogP contribution in [-0.2, 0) is 4.79 Å². The van der Waals surface area contributed by atoms with Crippen molar-refractivity contribution in [2.75, 3.05) is 31.1 Å². The molecule has 2 saturated heterocycles. The number of benzene rings is 1. The zero-order valence-electron chi connectivity index (χ0n) is 14.4. The maximum Gasteiger partial charge on any atom is 0.263 e. The number of carbonyl (C=O) groups excluding carboxylic acids is 1. The Balaban J connectivity index is 1.53. The Morgan fingerprint density at radius 1 is 1.35 bits per heavy atom. The van der Waals surface area contributed by atoms with Gasteiger partial charge in [0.2, 0.25) is 0 Å². The quantitative estimate of drug-likeness (QED) is 0.425. The SMILES string of the molecule is O=C1NC(=S)S/C1=C\c1ccc(N2CCC(NC[C@H](O)CO)CC2)cc1. The van der Waals surface area contributed by atoms with E-state index in [1.54, 1.807) is 0 Å². The maximum atomic E-state index is 11.7. The van der Waals surface area contributed by atoms with E-state index in [2.05, 4.69) is 27.7 Å². The molecule has 1 amide bonds. The van der Waals surface area contributed by atoms with E-state index in [9.17, 15) is 9.90 Å². The molecule has 2 fully saturated rings. The number of rotatable bonds is 6. The van der Waals surface area contributed by atoms with Crippen LogP contribution in [-0.4, -0.2) is 58.8 Å². The van der Waals surface area contributed by atoms with Gasteiger partial charge in [-0.1, -0.05) is 36.1 Å². The molecule has 0 unspecified atom stereocenters. The average Bonchev–Trinajstić information content (AvgIpc) is 2.97. The molecule has 140 valence electrons. The van der Waals surface area contributed by atoms with Crippen molar-refractivity contribution >= 4 is 46.0 Å². The Kier molecular flexibility index (Phi) is 6.66. The number of anilines is 1. The lowest BCUT2D eigenvalue weighted by atomic mass is 10.0. The number of thioether (sulfide) groups is 1. The highest BCUT2D eigenvalue weighted by molar-refractivity contribution is 8.26. The molecule has 0 aromatic heterocycles. The van der Waals surface area contributed by atoms with Crippen molar-refractivity contribution in [2.24, 2.45) is 0 Å². The summed E-state index contributed by atoms with van der Waals surface area (Å²) < 4.78 is 0.501.